The maximum Gasteiger partial charge on any atom is 0.293 e. The van der Waals surface area contributed by atoms with Crippen molar-refractivity contribution in [3.63, 3.8) is 0 Å². The van der Waals surface area contributed by atoms with Crippen molar-refractivity contribution in [3.05, 3.63) is 69.9 Å². The third kappa shape index (κ3) is 5.68. The zero-order valence-corrected chi connectivity index (χ0v) is 20.7. The quantitative estimate of drug-likeness (QED) is 0.463. The predicted molar refractivity (Wildman–Crippen MR) is 139 cm³/mol. The van der Waals surface area contributed by atoms with Crippen LogP contribution in [0.15, 0.2) is 52.9 Å². The number of anilines is 2. The van der Waals surface area contributed by atoms with Crippen LogP contribution in [-0.4, -0.2) is 49.1 Å². The summed E-state index contributed by atoms with van der Waals surface area (Å²) in [6.07, 6.45) is 0. The summed E-state index contributed by atoms with van der Waals surface area (Å²) in [7, 11) is 2.11. The minimum atomic E-state index is -0.447. The van der Waals surface area contributed by atoms with Gasteiger partial charge < -0.3 is 19.5 Å². The molecule has 0 atom stereocenters. The van der Waals surface area contributed by atoms with Crippen molar-refractivity contribution < 1.29 is 9.21 Å². The van der Waals surface area contributed by atoms with Gasteiger partial charge in [0.25, 0.3) is 5.91 Å². The number of piperazine rings is 1. The van der Waals surface area contributed by atoms with E-state index in [1.807, 2.05) is 31.2 Å². The van der Waals surface area contributed by atoms with Crippen LogP contribution in [0.2, 0.25) is 10.0 Å². The third-order valence-corrected chi connectivity index (χ3v) is 6.48. The first-order valence-electron chi connectivity index (χ1n) is 10.5. The molecule has 3 aromatic rings. The topological polar surface area (TPSA) is 60.8 Å². The van der Waals surface area contributed by atoms with Crippen molar-refractivity contribution in [1.29, 1.82) is 0 Å². The van der Waals surface area contributed by atoms with Crippen LogP contribution in [0.1, 0.15) is 16.1 Å². The molecule has 1 aliphatic heterocycles. The number of carbonyl (C=O) groups excluding carboxylic acids is 1. The van der Waals surface area contributed by atoms with Crippen molar-refractivity contribution >= 4 is 57.8 Å². The molecule has 0 spiro atoms. The average molecular weight is 503 g/mol. The molecular formula is C24H24Cl2N4O2S. The van der Waals surface area contributed by atoms with Gasteiger partial charge in [-0.25, -0.2) is 0 Å². The number of carbonyl (C=O) groups is 1. The van der Waals surface area contributed by atoms with E-state index in [2.05, 4.69) is 27.5 Å². The number of nitrogens with one attached hydrogen (secondary N) is 2. The Bertz CT molecular complexity index is 1190. The zero-order chi connectivity index (χ0) is 23.5. The Morgan fingerprint density at radius 1 is 1.00 bits per heavy atom. The van der Waals surface area contributed by atoms with Gasteiger partial charge in [0.1, 0.15) is 5.76 Å². The number of hydrogen-bond donors (Lipinski definition) is 2. The molecule has 0 unspecified atom stereocenters. The van der Waals surface area contributed by atoms with Gasteiger partial charge in [-0.3, -0.25) is 10.1 Å². The Labute approximate surface area is 208 Å². The summed E-state index contributed by atoms with van der Waals surface area (Å²) >= 11 is 18.0. The summed E-state index contributed by atoms with van der Waals surface area (Å²) in [4.78, 5) is 17.1. The van der Waals surface area contributed by atoms with E-state index in [0.717, 1.165) is 43.0 Å². The highest BCUT2D eigenvalue weighted by molar-refractivity contribution is 7.80. The maximum atomic E-state index is 12.6. The van der Waals surface area contributed by atoms with E-state index in [0.29, 0.717) is 21.5 Å². The summed E-state index contributed by atoms with van der Waals surface area (Å²) in [5.74, 6) is 0.249. The molecular weight excluding hydrogens is 479 g/mol. The van der Waals surface area contributed by atoms with E-state index in [-0.39, 0.29) is 10.9 Å². The number of halogens is 2. The number of likely N-dealkylation sites (N-methyl/N-ethyl adjacent to an activating group) is 1. The summed E-state index contributed by atoms with van der Waals surface area (Å²) in [5.41, 5.74) is 3.45. The molecule has 6 nitrogen and oxygen atoms in total. The number of furan rings is 1. The Morgan fingerprint density at radius 2 is 1.76 bits per heavy atom. The number of rotatable bonds is 4. The smallest absolute Gasteiger partial charge is 0.293 e. The lowest BCUT2D eigenvalue weighted by molar-refractivity contribution is 0.0951. The Hall–Kier alpha value is -2.58. The van der Waals surface area contributed by atoms with Gasteiger partial charge in [-0.1, -0.05) is 35.3 Å². The summed E-state index contributed by atoms with van der Waals surface area (Å²) in [5, 5.41) is 7.06. The van der Waals surface area contributed by atoms with Crippen molar-refractivity contribution in [1.82, 2.24) is 10.2 Å². The number of thiocarbonyl (C=S) groups is 1. The van der Waals surface area contributed by atoms with Gasteiger partial charge in [0.15, 0.2) is 10.9 Å². The van der Waals surface area contributed by atoms with Gasteiger partial charge in [0.05, 0.1) is 10.7 Å². The minimum absolute atomic E-state index is 0.147. The molecule has 0 radical (unpaired) electrons. The number of aryl methyl sites for hydroxylation is 1. The van der Waals surface area contributed by atoms with E-state index in [1.165, 1.54) is 0 Å². The first-order valence-corrected chi connectivity index (χ1v) is 11.7. The van der Waals surface area contributed by atoms with E-state index in [4.69, 9.17) is 39.8 Å². The predicted octanol–water partition coefficient (Wildman–Crippen LogP) is 5.44. The summed E-state index contributed by atoms with van der Waals surface area (Å²) in [6.45, 7) is 5.78. The fourth-order valence-corrected chi connectivity index (χ4v) is 4.27. The monoisotopic (exact) mass is 502 g/mol. The molecule has 4 rings (SSSR count). The lowest BCUT2D eigenvalue weighted by Gasteiger charge is -2.34. The number of benzene rings is 2. The Kier molecular flexibility index (Phi) is 7.24. The van der Waals surface area contributed by atoms with Crippen LogP contribution in [0.4, 0.5) is 11.4 Å². The highest BCUT2D eigenvalue weighted by Crippen LogP contribution is 2.30. The standard InChI is InChI=1S/C24H24Cl2N4O2S/c1-15-3-4-16(13-18(15)25)21-7-8-22(32-21)23(31)28-24(33)27-17-5-6-20(19(26)14-17)30-11-9-29(2)10-12-30/h3-8,13-14H,9-12H2,1-2H3,(H2,27,28,31,33). The molecule has 1 amide bonds. The number of hydrogen-bond acceptors (Lipinski definition) is 5. The number of amides is 1. The Morgan fingerprint density at radius 3 is 2.45 bits per heavy atom. The van der Waals surface area contributed by atoms with E-state index in [9.17, 15) is 4.79 Å². The van der Waals surface area contributed by atoms with Gasteiger partial charge in [-0.05, 0) is 68.2 Å². The lowest BCUT2D eigenvalue weighted by Crippen LogP contribution is -2.44. The molecule has 2 heterocycles. The van der Waals surface area contributed by atoms with Crippen LogP contribution in [0, 0.1) is 6.92 Å². The Balaban J connectivity index is 1.37. The van der Waals surface area contributed by atoms with Gasteiger partial charge in [0.2, 0.25) is 0 Å². The van der Waals surface area contributed by atoms with Crippen molar-refractivity contribution in [2.75, 3.05) is 43.4 Å². The molecule has 0 saturated carbocycles. The minimum Gasteiger partial charge on any atom is -0.451 e. The van der Waals surface area contributed by atoms with E-state index >= 15 is 0 Å². The molecule has 2 aromatic carbocycles. The average Bonchev–Trinajstić information content (AvgIpc) is 3.27. The number of nitrogens with zero attached hydrogens (tertiary/aromatic N) is 2. The van der Waals surface area contributed by atoms with E-state index < -0.39 is 5.91 Å². The summed E-state index contributed by atoms with van der Waals surface area (Å²) in [6, 6.07) is 14.6. The first kappa shape index (κ1) is 23.6. The first-order chi connectivity index (χ1) is 15.8. The van der Waals surface area contributed by atoms with Crippen LogP contribution in [0.5, 0.6) is 0 Å². The van der Waals surface area contributed by atoms with Crippen LogP contribution < -0.4 is 15.5 Å². The SMILES string of the molecule is Cc1ccc(-c2ccc(C(=O)NC(=S)Nc3ccc(N4CCN(C)CC4)c(Cl)c3)o2)cc1Cl. The van der Waals surface area contributed by atoms with Gasteiger partial charge >= 0.3 is 0 Å². The molecule has 0 aliphatic carbocycles. The van der Waals surface area contributed by atoms with Gasteiger partial charge in [0, 0.05) is 42.5 Å². The molecule has 1 fully saturated rings. The molecule has 9 heteroatoms. The van der Waals surface area contributed by atoms with E-state index in [1.54, 1.807) is 24.3 Å². The van der Waals surface area contributed by atoms with Gasteiger partial charge in [-0.15, -0.1) is 0 Å². The molecule has 2 N–H and O–H groups in total. The fraction of sp³-hybridized carbons (Fsp3) is 0.250. The highest BCUT2D eigenvalue weighted by atomic mass is 35.5. The molecule has 1 aromatic heterocycles. The fourth-order valence-electron chi connectivity index (χ4n) is 3.58. The van der Waals surface area contributed by atoms with Crippen molar-refractivity contribution in [2.24, 2.45) is 0 Å². The van der Waals surface area contributed by atoms with Crippen LogP contribution in [-0.2, 0) is 0 Å². The second kappa shape index (κ2) is 10.1. The van der Waals surface area contributed by atoms with Gasteiger partial charge in [-0.2, -0.15) is 0 Å². The molecule has 0 bridgehead atoms. The van der Waals surface area contributed by atoms with Crippen molar-refractivity contribution in [2.45, 2.75) is 6.92 Å². The third-order valence-electron chi connectivity index (χ3n) is 5.56. The lowest BCUT2D eigenvalue weighted by atomic mass is 10.1. The summed E-state index contributed by atoms with van der Waals surface area (Å²) < 4.78 is 5.70. The largest absolute Gasteiger partial charge is 0.451 e. The van der Waals surface area contributed by atoms with Crippen LogP contribution >= 0.6 is 35.4 Å². The second-order valence-electron chi connectivity index (χ2n) is 7.99. The second-order valence-corrected chi connectivity index (χ2v) is 9.22. The maximum absolute atomic E-state index is 12.6. The van der Waals surface area contributed by atoms with Crippen LogP contribution in [0.25, 0.3) is 11.3 Å². The highest BCUT2D eigenvalue weighted by Gasteiger charge is 2.18. The molecule has 33 heavy (non-hydrogen) atoms. The molecule has 172 valence electrons. The molecule has 1 saturated heterocycles. The van der Waals surface area contributed by atoms with Crippen LogP contribution in [0.3, 0.4) is 0 Å². The normalized spacial score (nSPS) is 14.2. The van der Waals surface area contributed by atoms with Crippen molar-refractivity contribution in [3.8, 4) is 11.3 Å². The molecule has 1 aliphatic rings. The zero-order valence-electron chi connectivity index (χ0n) is 18.3.